The second-order valence-corrected chi connectivity index (χ2v) is 5.69. The Bertz CT molecular complexity index is 892. The van der Waals surface area contributed by atoms with Crippen molar-refractivity contribution in [3.8, 4) is 16.9 Å². The Morgan fingerprint density at radius 1 is 1.28 bits per heavy atom. The van der Waals surface area contributed by atoms with Crippen molar-refractivity contribution in [1.29, 1.82) is 0 Å². The number of halogens is 3. The predicted octanol–water partition coefficient (Wildman–Crippen LogP) is 2.90. The van der Waals surface area contributed by atoms with Gasteiger partial charge < -0.3 is 15.8 Å². The van der Waals surface area contributed by atoms with Crippen molar-refractivity contribution in [2.75, 3.05) is 25.9 Å². The van der Waals surface area contributed by atoms with Gasteiger partial charge in [0.1, 0.15) is 28.4 Å². The van der Waals surface area contributed by atoms with Crippen molar-refractivity contribution in [3.63, 3.8) is 0 Å². The molecular weight excluding hydrogens is 352 g/mol. The van der Waals surface area contributed by atoms with Crippen LogP contribution in [0.4, 0.5) is 14.6 Å². The number of nitrogens with one attached hydrogen (secondary N) is 1. The van der Waals surface area contributed by atoms with E-state index in [-0.39, 0.29) is 33.6 Å². The summed E-state index contributed by atoms with van der Waals surface area (Å²) in [7, 11) is 1.81. The molecule has 2 aromatic heterocycles. The molecule has 3 aromatic rings. The SMILES string of the molecule is CNCCCOc1cc(F)c(-c2c(Cl)nc3nccn3c2N)c(F)c1. The molecule has 0 unspecified atom stereocenters. The third-order valence-electron chi connectivity index (χ3n) is 3.65. The number of nitrogens with two attached hydrogens (primary N) is 1. The summed E-state index contributed by atoms with van der Waals surface area (Å²) in [5, 5.41) is 2.83. The van der Waals surface area contributed by atoms with Gasteiger partial charge in [-0.2, -0.15) is 4.98 Å². The summed E-state index contributed by atoms with van der Waals surface area (Å²) in [6.07, 6.45) is 3.71. The normalized spacial score (nSPS) is 11.2. The molecule has 0 fully saturated rings. The highest BCUT2D eigenvalue weighted by molar-refractivity contribution is 6.32. The van der Waals surface area contributed by atoms with Gasteiger partial charge in [-0.05, 0) is 20.0 Å². The van der Waals surface area contributed by atoms with Crippen molar-refractivity contribution in [1.82, 2.24) is 19.7 Å². The molecule has 0 saturated carbocycles. The highest BCUT2D eigenvalue weighted by Crippen LogP contribution is 2.37. The number of aromatic nitrogens is 3. The van der Waals surface area contributed by atoms with Gasteiger partial charge in [-0.1, -0.05) is 11.6 Å². The molecule has 0 atom stereocenters. The molecule has 0 aliphatic rings. The molecule has 0 spiro atoms. The van der Waals surface area contributed by atoms with E-state index in [2.05, 4.69) is 15.3 Å². The van der Waals surface area contributed by atoms with Crippen LogP contribution in [0.1, 0.15) is 6.42 Å². The van der Waals surface area contributed by atoms with Crippen LogP contribution >= 0.6 is 11.6 Å². The maximum atomic E-state index is 14.6. The lowest BCUT2D eigenvalue weighted by atomic mass is 10.1. The van der Waals surface area contributed by atoms with Crippen LogP contribution in [0.3, 0.4) is 0 Å². The first kappa shape index (κ1) is 17.4. The van der Waals surface area contributed by atoms with E-state index in [4.69, 9.17) is 22.1 Å². The fourth-order valence-corrected chi connectivity index (χ4v) is 2.75. The molecule has 2 heterocycles. The Morgan fingerprint density at radius 3 is 2.68 bits per heavy atom. The van der Waals surface area contributed by atoms with Crippen LogP contribution in [-0.4, -0.2) is 34.6 Å². The van der Waals surface area contributed by atoms with Gasteiger partial charge in [0.05, 0.1) is 17.7 Å². The van der Waals surface area contributed by atoms with Crippen molar-refractivity contribution >= 4 is 23.2 Å². The monoisotopic (exact) mass is 367 g/mol. The maximum Gasteiger partial charge on any atom is 0.236 e. The van der Waals surface area contributed by atoms with E-state index in [0.717, 1.165) is 18.7 Å². The molecule has 0 saturated heterocycles. The van der Waals surface area contributed by atoms with Gasteiger partial charge in [0.2, 0.25) is 5.78 Å². The minimum Gasteiger partial charge on any atom is -0.493 e. The van der Waals surface area contributed by atoms with E-state index >= 15 is 0 Å². The van der Waals surface area contributed by atoms with E-state index in [9.17, 15) is 8.78 Å². The zero-order valence-corrected chi connectivity index (χ0v) is 14.1. The topological polar surface area (TPSA) is 77.5 Å². The van der Waals surface area contributed by atoms with E-state index < -0.39 is 11.6 Å². The van der Waals surface area contributed by atoms with Gasteiger partial charge in [-0.15, -0.1) is 0 Å². The predicted molar refractivity (Wildman–Crippen MR) is 91.8 cm³/mol. The second-order valence-electron chi connectivity index (χ2n) is 5.33. The maximum absolute atomic E-state index is 14.6. The van der Waals surface area contributed by atoms with Crippen LogP contribution in [-0.2, 0) is 0 Å². The molecule has 3 N–H and O–H groups in total. The van der Waals surface area contributed by atoms with Gasteiger partial charge in [0.15, 0.2) is 0 Å². The number of nitrogen functional groups attached to an aromatic ring is 1. The Balaban J connectivity index is 2.00. The molecule has 3 rings (SSSR count). The van der Waals surface area contributed by atoms with E-state index in [1.54, 1.807) is 0 Å². The number of benzene rings is 1. The smallest absolute Gasteiger partial charge is 0.236 e. The van der Waals surface area contributed by atoms with Gasteiger partial charge >= 0.3 is 0 Å². The summed E-state index contributed by atoms with van der Waals surface area (Å²) in [6.45, 7) is 1.08. The molecule has 0 amide bonds. The summed E-state index contributed by atoms with van der Waals surface area (Å²) in [5.74, 6) is -1.28. The number of anilines is 1. The average molecular weight is 368 g/mol. The zero-order chi connectivity index (χ0) is 18.0. The molecule has 0 radical (unpaired) electrons. The van der Waals surface area contributed by atoms with Gasteiger partial charge in [0.25, 0.3) is 0 Å². The first-order valence-electron chi connectivity index (χ1n) is 7.57. The number of ether oxygens (including phenoxy) is 1. The summed E-state index contributed by atoms with van der Waals surface area (Å²) in [6, 6.07) is 2.21. The highest BCUT2D eigenvalue weighted by atomic mass is 35.5. The van der Waals surface area contributed by atoms with Gasteiger partial charge in [-0.3, -0.25) is 4.40 Å². The fraction of sp³-hybridized carbons (Fsp3) is 0.250. The number of hydrogen-bond acceptors (Lipinski definition) is 5. The average Bonchev–Trinajstić information content (AvgIpc) is 3.02. The van der Waals surface area contributed by atoms with E-state index in [0.29, 0.717) is 13.0 Å². The quantitative estimate of drug-likeness (QED) is 0.517. The van der Waals surface area contributed by atoms with Crippen LogP contribution < -0.4 is 15.8 Å². The molecule has 9 heteroatoms. The Morgan fingerprint density at radius 2 is 2.00 bits per heavy atom. The number of imidazole rings is 1. The third kappa shape index (κ3) is 3.35. The van der Waals surface area contributed by atoms with E-state index in [1.165, 1.54) is 16.8 Å². The van der Waals surface area contributed by atoms with Crippen molar-refractivity contribution in [2.24, 2.45) is 0 Å². The molecule has 1 aromatic carbocycles. The first-order chi connectivity index (χ1) is 12.0. The van der Waals surface area contributed by atoms with Crippen LogP contribution in [0.15, 0.2) is 24.5 Å². The second kappa shape index (κ2) is 7.20. The molecule has 25 heavy (non-hydrogen) atoms. The molecule has 0 bridgehead atoms. The molecule has 132 valence electrons. The number of fused-ring (bicyclic) bond motifs is 1. The lowest BCUT2D eigenvalue weighted by Crippen LogP contribution is -2.11. The number of nitrogens with zero attached hydrogens (tertiary/aromatic N) is 3. The zero-order valence-electron chi connectivity index (χ0n) is 13.4. The Kier molecular flexibility index (Phi) is 5.00. The molecule has 0 aliphatic carbocycles. The summed E-state index contributed by atoms with van der Waals surface area (Å²) >= 11 is 6.09. The molecule has 6 nitrogen and oxygen atoms in total. The van der Waals surface area contributed by atoms with Crippen molar-refractivity contribution in [2.45, 2.75) is 6.42 Å². The molecular formula is C16H16ClF2N5O. The minimum atomic E-state index is -0.835. The van der Waals surface area contributed by atoms with Crippen LogP contribution in [0.2, 0.25) is 5.15 Å². The van der Waals surface area contributed by atoms with Gasteiger partial charge in [0, 0.05) is 24.5 Å². The highest BCUT2D eigenvalue weighted by Gasteiger charge is 2.22. The number of rotatable bonds is 6. The summed E-state index contributed by atoms with van der Waals surface area (Å²) in [5.41, 5.74) is 5.63. The summed E-state index contributed by atoms with van der Waals surface area (Å²) < 4.78 is 35.9. The van der Waals surface area contributed by atoms with Crippen LogP contribution in [0.25, 0.3) is 16.9 Å². The van der Waals surface area contributed by atoms with Crippen LogP contribution in [0, 0.1) is 11.6 Å². The fourth-order valence-electron chi connectivity index (χ4n) is 2.48. The largest absolute Gasteiger partial charge is 0.493 e. The van der Waals surface area contributed by atoms with Gasteiger partial charge in [-0.25, -0.2) is 13.8 Å². The standard InChI is InChI=1S/C16H16ClF2N5O/c1-21-3-2-6-25-9-7-10(18)12(11(19)8-9)13-14(17)23-16-22-4-5-24(16)15(13)20/h4-5,7-8,21H,2-3,6,20H2,1H3. The third-order valence-corrected chi connectivity index (χ3v) is 3.92. The van der Waals surface area contributed by atoms with Crippen molar-refractivity contribution < 1.29 is 13.5 Å². The molecule has 0 aliphatic heterocycles. The Labute approximate surface area is 147 Å². The first-order valence-corrected chi connectivity index (χ1v) is 7.95. The Hall–Kier alpha value is -2.45. The van der Waals surface area contributed by atoms with Crippen molar-refractivity contribution in [3.05, 3.63) is 41.3 Å². The lowest BCUT2D eigenvalue weighted by molar-refractivity contribution is 0.306. The minimum absolute atomic E-state index is 0.0242. The van der Waals surface area contributed by atoms with Crippen LogP contribution in [0.5, 0.6) is 5.75 Å². The van der Waals surface area contributed by atoms with E-state index in [1.807, 2.05) is 7.05 Å². The number of hydrogen-bond donors (Lipinski definition) is 2. The summed E-state index contributed by atoms with van der Waals surface area (Å²) in [4.78, 5) is 7.97. The lowest BCUT2D eigenvalue weighted by Gasteiger charge is -2.13.